The summed E-state index contributed by atoms with van der Waals surface area (Å²) in [5, 5.41) is 8.63. The van der Waals surface area contributed by atoms with Crippen molar-refractivity contribution >= 4 is 45.6 Å². The Bertz CT molecular complexity index is 427. The number of rotatable bonds is 2. The molecule has 100 valence electrons. The van der Waals surface area contributed by atoms with Crippen LogP contribution in [0.2, 0.25) is 0 Å². The predicted molar refractivity (Wildman–Crippen MR) is 79.7 cm³/mol. The van der Waals surface area contributed by atoms with Crippen molar-refractivity contribution in [2.75, 3.05) is 0 Å². The van der Waals surface area contributed by atoms with Crippen LogP contribution in [0.4, 0.5) is 0 Å². The first-order chi connectivity index (χ1) is 8.20. The van der Waals surface area contributed by atoms with Crippen LogP contribution in [0.5, 0.6) is 0 Å². The number of thiophene rings is 1. The van der Waals surface area contributed by atoms with Gasteiger partial charge in [0.15, 0.2) is 0 Å². The molecule has 0 aliphatic carbocycles. The van der Waals surface area contributed by atoms with Gasteiger partial charge in [0.1, 0.15) is 0 Å². The minimum absolute atomic E-state index is 0. The number of halogens is 2. The molecule has 2 atom stereocenters. The molecule has 0 saturated carbocycles. The molecule has 2 unspecified atom stereocenters. The Morgan fingerprint density at radius 2 is 2.06 bits per heavy atom. The van der Waals surface area contributed by atoms with Gasteiger partial charge in [-0.15, -0.1) is 23.7 Å². The summed E-state index contributed by atoms with van der Waals surface area (Å²) in [5.74, 6) is 0.0678. The molecule has 2 aliphatic heterocycles. The molecule has 2 fully saturated rings. The van der Waals surface area contributed by atoms with Gasteiger partial charge in [-0.2, -0.15) is 0 Å². The highest BCUT2D eigenvalue weighted by Crippen LogP contribution is 2.27. The summed E-state index contributed by atoms with van der Waals surface area (Å²) in [4.78, 5) is 12.0. The monoisotopic (exact) mass is 350 g/mol. The molecule has 3 heterocycles. The van der Waals surface area contributed by atoms with Gasteiger partial charge in [-0.25, -0.2) is 0 Å². The Balaban J connectivity index is 0.00000120. The van der Waals surface area contributed by atoms with E-state index in [1.165, 1.54) is 12.8 Å². The van der Waals surface area contributed by atoms with Crippen LogP contribution in [-0.4, -0.2) is 24.0 Å². The molecule has 3 rings (SSSR count). The van der Waals surface area contributed by atoms with Crippen molar-refractivity contribution < 1.29 is 4.79 Å². The SMILES string of the molecule is Cl.O=C(NC1CC2CCC(C1)N2)c1csc(Br)c1. The first kappa shape index (κ1) is 14.3. The van der Waals surface area contributed by atoms with E-state index in [0.717, 1.165) is 22.2 Å². The Morgan fingerprint density at radius 1 is 1.39 bits per heavy atom. The normalized spacial score (nSPS) is 29.7. The lowest BCUT2D eigenvalue weighted by atomic mass is 9.99. The third-order valence-electron chi connectivity index (χ3n) is 3.64. The lowest BCUT2D eigenvalue weighted by Gasteiger charge is -2.29. The van der Waals surface area contributed by atoms with Crippen LogP contribution in [0.3, 0.4) is 0 Å². The van der Waals surface area contributed by atoms with Crippen LogP contribution < -0.4 is 10.6 Å². The molecular weight excluding hydrogens is 336 g/mol. The van der Waals surface area contributed by atoms with Crippen molar-refractivity contribution in [3.8, 4) is 0 Å². The summed E-state index contributed by atoms with van der Waals surface area (Å²) in [6.07, 6.45) is 4.68. The summed E-state index contributed by atoms with van der Waals surface area (Å²) >= 11 is 4.93. The van der Waals surface area contributed by atoms with E-state index in [4.69, 9.17) is 0 Å². The first-order valence-corrected chi connectivity index (χ1v) is 7.69. The number of carbonyl (C=O) groups is 1. The molecule has 6 heteroatoms. The lowest BCUT2D eigenvalue weighted by Crippen LogP contribution is -2.47. The van der Waals surface area contributed by atoms with Crippen LogP contribution in [0.25, 0.3) is 0 Å². The number of nitrogens with one attached hydrogen (secondary N) is 2. The highest BCUT2D eigenvalue weighted by molar-refractivity contribution is 9.11. The van der Waals surface area contributed by atoms with Gasteiger partial charge >= 0.3 is 0 Å². The van der Waals surface area contributed by atoms with Gasteiger partial charge in [-0.05, 0) is 47.7 Å². The summed E-state index contributed by atoms with van der Waals surface area (Å²) in [5.41, 5.74) is 0.771. The van der Waals surface area contributed by atoms with Crippen molar-refractivity contribution in [3.63, 3.8) is 0 Å². The quantitative estimate of drug-likeness (QED) is 0.860. The molecule has 2 bridgehead atoms. The third-order valence-corrected chi connectivity index (χ3v) is 5.14. The second-order valence-corrected chi connectivity index (χ2v) is 7.21. The van der Waals surface area contributed by atoms with E-state index < -0.39 is 0 Å². The van der Waals surface area contributed by atoms with E-state index >= 15 is 0 Å². The van der Waals surface area contributed by atoms with Crippen molar-refractivity contribution in [2.24, 2.45) is 0 Å². The predicted octanol–water partition coefficient (Wildman–Crippen LogP) is 2.95. The Morgan fingerprint density at radius 3 is 2.61 bits per heavy atom. The Kier molecular flexibility index (Phi) is 4.69. The Labute approximate surface area is 125 Å². The molecule has 3 nitrogen and oxygen atoms in total. The van der Waals surface area contributed by atoms with Crippen molar-refractivity contribution in [3.05, 3.63) is 20.8 Å². The summed E-state index contributed by atoms with van der Waals surface area (Å²) in [7, 11) is 0. The number of hydrogen-bond donors (Lipinski definition) is 2. The second kappa shape index (κ2) is 5.90. The zero-order valence-corrected chi connectivity index (χ0v) is 13.0. The fourth-order valence-corrected chi connectivity index (χ4v) is 4.01. The summed E-state index contributed by atoms with van der Waals surface area (Å²) in [6.45, 7) is 0. The minimum Gasteiger partial charge on any atom is -0.349 e. The number of fused-ring (bicyclic) bond motifs is 2. The molecule has 1 aromatic heterocycles. The van der Waals surface area contributed by atoms with Gasteiger partial charge in [-0.3, -0.25) is 4.79 Å². The molecule has 1 amide bonds. The zero-order chi connectivity index (χ0) is 11.8. The molecule has 0 radical (unpaired) electrons. The van der Waals surface area contributed by atoms with E-state index in [2.05, 4.69) is 26.6 Å². The molecule has 1 aromatic rings. The molecule has 18 heavy (non-hydrogen) atoms. The van der Waals surface area contributed by atoms with Crippen molar-refractivity contribution in [1.29, 1.82) is 0 Å². The maximum atomic E-state index is 12.0. The van der Waals surface area contributed by atoms with Crippen LogP contribution in [0, 0.1) is 0 Å². The van der Waals surface area contributed by atoms with E-state index in [0.29, 0.717) is 18.1 Å². The van der Waals surface area contributed by atoms with Crippen LogP contribution >= 0.6 is 39.7 Å². The van der Waals surface area contributed by atoms with Gasteiger partial charge in [-0.1, -0.05) is 0 Å². The average molecular weight is 352 g/mol. The molecule has 0 spiro atoms. The average Bonchev–Trinajstić information content (AvgIpc) is 2.85. The van der Waals surface area contributed by atoms with Gasteiger partial charge in [0, 0.05) is 23.5 Å². The summed E-state index contributed by atoms with van der Waals surface area (Å²) in [6, 6.07) is 3.47. The standard InChI is InChI=1S/C12H15BrN2OS.ClH/c13-11-3-7(6-17-11)12(16)15-10-4-8-1-2-9(5-10)14-8;/h3,6,8-10,14H,1-2,4-5H2,(H,15,16);1H. The molecule has 2 saturated heterocycles. The highest BCUT2D eigenvalue weighted by atomic mass is 79.9. The van der Waals surface area contributed by atoms with E-state index in [-0.39, 0.29) is 18.3 Å². The third kappa shape index (κ3) is 3.07. The number of hydrogen-bond acceptors (Lipinski definition) is 3. The molecular formula is C12H16BrClN2OS. The number of carbonyl (C=O) groups excluding carboxylic acids is 1. The van der Waals surface area contributed by atoms with Gasteiger partial charge in [0.2, 0.25) is 0 Å². The maximum Gasteiger partial charge on any atom is 0.252 e. The largest absolute Gasteiger partial charge is 0.349 e. The zero-order valence-electron chi connectivity index (χ0n) is 9.82. The fraction of sp³-hybridized carbons (Fsp3) is 0.583. The van der Waals surface area contributed by atoms with Crippen LogP contribution in [-0.2, 0) is 0 Å². The molecule has 2 aliphatic rings. The second-order valence-electron chi connectivity index (χ2n) is 4.92. The van der Waals surface area contributed by atoms with Crippen LogP contribution in [0.15, 0.2) is 15.2 Å². The van der Waals surface area contributed by atoms with Crippen LogP contribution in [0.1, 0.15) is 36.0 Å². The minimum atomic E-state index is 0. The first-order valence-electron chi connectivity index (χ1n) is 6.01. The molecule has 0 aromatic carbocycles. The topological polar surface area (TPSA) is 41.1 Å². The van der Waals surface area contributed by atoms with E-state index in [1.54, 1.807) is 11.3 Å². The molecule has 2 N–H and O–H groups in total. The van der Waals surface area contributed by atoms with E-state index in [9.17, 15) is 4.79 Å². The number of amides is 1. The van der Waals surface area contributed by atoms with Gasteiger partial charge in [0.05, 0.1) is 9.35 Å². The Hall–Kier alpha value is -0.100. The fourth-order valence-electron chi connectivity index (χ4n) is 2.87. The van der Waals surface area contributed by atoms with Gasteiger partial charge < -0.3 is 10.6 Å². The maximum absolute atomic E-state index is 12.0. The lowest BCUT2D eigenvalue weighted by molar-refractivity contribution is 0.0924. The van der Waals surface area contributed by atoms with Crippen molar-refractivity contribution in [2.45, 2.75) is 43.8 Å². The van der Waals surface area contributed by atoms with Gasteiger partial charge in [0.25, 0.3) is 5.91 Å². The number of piperidine rings is 1. The summed E-state index contributed by atoms with van der Waals surface area (Å²) < 4.78 is 1.01. The van der Waals surface area contributed by atoms with Crippen molar-refractivity contribution in [1.82, 2.24) is 10.6 Å². The smallest absolute Gasteiger partial charge is 0.252 e. The van der Waals surface area contributed by atoms with E-state index in [1.807, 2.05) is 11.4 Å². The highest BCUT2D eigenvalue weighted by Gasteiger charge is 2.34.